The zero-order chi connectivity index (χ0) is 22.0. The SMILES string of the molecule is COc1c(CN(C(=O)c2ccccc2C)c2ccncc2)ccc2c1OC(C)(C)C=C2. The first-order valence-corrected chi connectivity index (χ1v) is 10.3. The Morgan fingerprint density at radius 3 is 2.55 bits per heavy atom. The maximum absolute atomic E-state index is 13.6. The van der Waals surface area contributed by atoms with Gasteiger partial charge in [0.05, 0.1) is 13.7 Å². The highest BCUT2D eigenvalue weighted by Gasteiger charge is 2.28. The van der Waals surface area contributed by atoms with Gasteiger partial charge in [0, 0.05) is 34.8 Å². The predicted molar refractivity (Wildman–Crippen MR) is 123 cm³/mol. The summed E-state index contributed by atoms with van der Waals surface area (Å²) in [6.45, 7) is 6.29. The van der Waals surface area contributed by atoms with Crippen molar-refractivity contribution in [3.8, 4) is 11.5 Å². The molecule has 5 nitrogen and oxygen atoms in total. The molecule has 0 saturated heterocycles. The molecule has 0 aliphatic carbocycles. The second kappa shape index (κ2) is 8.26. The van der Waals surface area contributed by atoms with E-state index in [4.69, 9.17) is 9.47 Å². The van der Waals surface area contributed by atoms with Crippen LogP contribution in [-0.2, 0) is 6.54 Å². The number of hydrogen-bond acceptors (Lipinski definition) is 4. The minimum absolute atomic E-state index is 0.0785. The van der Waals surface area contributed by atoms with Crippen LogP contribution in [0.15, 0.2) is 67.0 Å². The number of aryl methyl sites for hydroxylation is 1. The van der Waals surface area contributed by atoms with Gasteiger partial charge in [-0.3, -0.25) is 9.78 Å². The summed E-state index contributed by atoms with van der Waals surface area (Å²) in [6.07, 6.45) is 7.45. The molecule has 0 unspecified atom stereocenters. The Hall–Kier alpha value is -3.60. The fourth-order valence-electron chi connectivity index (χ4n) is 3.72. The van der Waals surface area contributed by atoms with Gasteiger partial charge in [0.1, 0.15) is 5.60 Å². The number of rotatable bonds is 5. The van der Waals surface area contributed by atoms with Gasteiger partial charge in [-0.2, -0.15) is 0 Å². The average Bonchev–Trinajstić information content (AvgIpc) is 2.77. The third-order valence-electron chi connectivity index (χ3n) is 5.38. The smallest absolute Gasteiger partial charge is 0.258 e. The molecule has 0 saturated carbocycles. The highest BCUT2D eigenvalue weighted by Crippen LogP contribution is 2.41. The number of methoxy groups -OCH3 is 1. The first kappa shape index (κ1) is 20.7. The maximum Gasteiger partial charge on any atom is 0.258 e. The summed E-state index contributed by atoms with van der Waals surface area (Å²) in [4.78, 5) is 19.4. The van der Waals surface area contributed by atoms with Crippen LogP contribution in [0.5, 0.6) is 11.5 Å². The summed E-state index contributed by atoms with van der Waals surface area (Å²) < 4.78 is 12.0. The Morgan fingerprint density at radius 2 is 1.84 bits per heavy atom. The topological polar surface area (TPSA) is 51.7 Å². The highest BCUT2D eigenvalue weighted by molar-refractivity contribution is 6.07. The number of pyridine rings is 1. The number of fused-ring (bicyclic) bond motifs is 1. The van der Waals surface area contributed by atoms with Gasteiger partial charge in [-0.25, -0.2) is 0 Å². The van der Waals surface area contributed by atoms with Crippen LogP contribution in [0, 0.1) is 6.92 Å². The molecular formula is C26H26N2O3. The largest absolute Gasteiger partial charge is 0.492 e. The van der Waals surface area contributed by atoms with E-state index in [1.54, 1.807) is 24.4 Å². The van der Waals surface area contributed by atoms with E-state index in [2.05, 4.69) is 4.98 Å². The fourth-order valence-corrected chi connectivity index (χ4v) is 3.72. The second-order valence-electron chi connectivity index (χ2n) is 8.13. The van der Waals surface area contributed by atoms with E-state index < -0.39 is 5.60 Å². The van der Waals surface area contributed by atoms with Crippen molar-refractivity contribution < 1.29 is 14.3 Å². The Bertz CT molecular complexity index is 1140. The number of carbonyl (C=O) groups excluding carboxylic acids is 1. The van der Waals surface area contributed by atoms with Crippen LogP contribution < -0.4 is 14.4 Å². The lowest BCUT2D eigenvalue weighted by molar-refractivity contribution is 0.0984. The molecule has 31 heavy (non-hydrogen) atoms. The van der Waals surface area contributed by atoms with Gasteiger partial charge in [-0.15, -0.1) is 0 Å². The van der Waals surface area contributed by atoms with E-state index in [0.717, 1.165) is 22.4 Å². The quantitative estimate of drug-likeness (QED) is 0.559. The van der Waals surface area contributed by atoms with Gasteiger partial charge in [0.2, 0.25) is 0 Å². The van der Waals surface area contributed by atoms with Gasteiger partial charge in [0.25, 0.3) is 5.91 Å². The third-order valence-corrected chi connectivity index (χ3v) is 5.38. The minimum atomic E-state index is -0.430. The van der Waals surface area contributed by atoms with Crippen LogP contribution in [0.2, 0.25) is 0 Å². The lowest BCUT2D eigenvalue weighted by Crippen LogP contribution is -2.31. The van der Waals surface area contributed by atoms with Gasteiger partial charge < -0.3 is 14.4 Å². The third kappa shape index (κ3) is 4.17. The van der Waals surface area contributed by atoms with E-state index in [1.165, 1.54) is 0 Å². The molecule has 0 atom stereocenters. The molecule has 0 radical (unpaired) electrons. The molecular weight excluding hydrogens is 388 g/mol. The highest BCUT2D eigenvalue weighted by atomic mass is 16.5. The number of amides is 1. The van der Waals surface area contributed by atoms with Crippen molar-refractivity contribution in [1.82, 2.24) is 4.98 Å². The van der Waals surface area contributed by atoms with E-state index in [-0.39, 0.29) is 5.91 Å². The van der Waals surface area contributed by atoms with E-state index in [9.17, 15) is 4.79 Å². The number of aromatic nitrogens is 1. The average molecular weight is 415 g/mol. The summed E-state index contributed by atoms with van der Waals surface area (Å²) in [5, 5.41) is 0. The summed E-state index contributed by atoms with van der Waals surface area (Å²) >= 11 is 0. The monoisotopic (exact) mass is 414 g/mol. The van der Waals surface area contributed by atoms with Crippen LogP contribution in [0.4, 0.5) is 5.69 Å². The molecule has 3 aromatic rings. The fraction of sp³-hybridized carbons (Fsp3) is 0.231. The molecule has 0 fully saturated rings. The molecule has 0 spiro atoms. The van der Waals surface area contributed by atoms with Crippen LogP contribution in [0.25, 0.3) is 6.08 Å². The molecule has 5 heteroatoms. The molecule has 0 N–H and O–H groups in total. The van der Waals surface area contributed by atoms with E-state index in [1.807, 2.05) is 81.5 Å². The van der Waals surface area contributed by atoms with Crippen molar-refractivity contribution in [2.75, 3.05) is 12.0 Å². The Balaban J connectivity index is 1.78. The van der Waals surface area contributed by atoms with Gasteiger partial charge >= 0.3 is 0 Å². The zero-order valence-electron chi connectivity index (χ0n) is 18.3. The van der Waals surface area contributed by atoms with Gasteiger partial charge in [-0.1, -0.05) is 36.4 Å². The van der Waals surface area contributed by atoms with Crippen molar-refractivity contribution >= 4 is 17.7 Å². The minimum Gasteiger partial charge on any atom is -0.492 e. The normalized spacial score (nSPS) is 13.8. The molecule has 1 aliphatic rings. The molecule has 1 aliphatic heterocycles. The standard InChI is InChI=1S/C26H26N2O3/c1-18-7-5-6-8-22(18)25(29)28(21-12-15-27-16-13-21)17-20-10-9-19-11-14-26(2,3)31-24(19)23(20)30-4/h5-16H,17H2,1-4H3. The molecule has 4 rings (SSSR count). The Morgan fingerprint density at radius 1 is 1.10 bits per heavy atom. The van der Waals surface area contributed by atoms with Crippen molar-refractivity contribution in [2.24, 2.45) is 0 Å². The first-order valence-electron chi connectivity index (χ1n) is 10.3. The van der Waals surface area contributed by atoms with Crippen molar-refractivity contribution in [1.29, 1.82) is 0 Å². The van der Waals surface area contributed by atoms with Crippen LogP contribution in [-0.4, -0.2) is 23.6 Å². The number of carbonyl (C=O) groups is 1. The summed E-state index contributed by atoms with van der Waals surface area (Å²) in [5.74, 6) is 1.27. The summed E-state index contributed by atoms with van der Waals surface area (Å²) in [7, 11) is 1.63. The van der Waals surface area contributed by atoms with Crippen LogP contribution in [0.1, 0.15) is 40.9 Å². The maximum atomic E-state index is 13.6. The summed E-state index contributed by atoms with van der Waals surface area (Å²) in [5.41, 5.74) is 3.76. The molecule has 2 aromatic carbocycles. The number of ether oxygens (including phenoxy) is 2. The van der Waals surface area contributed by atoms with Crippen LogP contribution >= 0.6 is 0 Å². The predicted octanol–water partition coefficient (Wildman–Crippen LogP) is 5.43. The van der Waals surface area contributed by atoms with E-state index in [0.29, 0.717) is 23.6 Å². The first-order chi connectivity index (χ1) is 14.9. The van der Waals surface area contributed by atoms with Crippen molar-refractivity contribution in [3.05, 3.63) is 89.3 Å². The Labute approximate surface area is 183 Å². The molecule has 0 bridgehead atoms. The lowest BCUT2D eigenvalue weighted by atomic mass is 9.99. The van der Waals surface area contributed by atoms with E-state index >= 15 is 0 Å². The lowest BCUT2D eigenvalue weighted by Gasteiger charge is -2.31. The molecule has 1 aromatic heterocycles. The number of hydrogen-bond donors (Lipinski definition) is 0. The van der Waals surface area contributed by atoms with Crippen molar-refractivity contribution in [2.45, 2.75) is 32.9 Å². The van der Waals surface area contributed by atoms with Crippen LogP contribution in [0.3, 0.4) is 0 Å². The molecule has 2 heterocycles. The zero-order valence-corrected chi connectivity index (χ0v) is 18.3. The number of nitrogens with zero attached hydrogens (tertiary/aromatic N) is 2. The number of anilines is 1. The van der Waals surface area contributed by atoms with Crippen molar-refractivity contribution in [3.63, 3.8) is 0 Å². The Kier molecular flexibility index (Phi) is 5.51. The summed E-state index contributed by atoms with van der Waals surface area (Å²) in [6, 6.07) is 15.3. The molecule has 1 amide bonds. The van der Waals surface area contributed by atoms with Gasteiger partial charge in [-0.05, 0) is 50.6 Å². The second-order valence-corrected chi connectivity index (χ2v) is 8.13. The van der Waals surface area contributed by atoms with Gasteiger partial charge in [0.15, 0.2) is 11.5 Å². The number of benzene rings is 2. The molecule has 158 valence electrons.